The number of pyridine rings is 1. The number of benzene rings is 2. The van der Waals surface area contributed by atoms with Crippen LogP contribution in [0, 0.1) is 5.92 Å². The van der Waals surface area contributed by atoms with Gasteiger partial charge in [0.25, 0.3) is 0 Å². The van der Waals surface area contributed by atoms with Crippen LogP contribution in [0.4, 0.5) is 5.69 Å². The Kier molecular flexibility index (Phi) is 7.85. The molecule has 0 saturated carbocycles. The molecule has 1 amide bonds. The molecule has 1 aliphatic rings. The summed E-state index contributed by atoms with van der Waals surface area (Å²) in [6.07, 6.45) is 2.92. The maximum Gasteiger partial charge on any atom is 0.227 e. The smallest absolute Gasteiger partial charge is 0.227 e. The lowest BCUT2D eigenvalue weighted by atomic mass is 9.89. The van der Waals surface area contributed by atoms with Gasteiger partial charge in [0.15, 0.2) is 11.4 Å². The van der Waals surface area contributed by atoms with Gasteiger partial charge in [-0.15, -0.1) is 5.10 Å². The van der Waals surface area contributed by atoms with E-state index >= 15 is 0 Å². The number of aromatic nitrogens is 2. The Balaban J connectivity index is 1.30. The van der Waals surface area contributed by atoms with Gasteiger partial charge in [-0.25, -0.2) is 15.9 Å². The fourth-order valence-electron chi connectivity index (χ4n) is 5.10. The minimum atomic E-state index is -0.241. The number of carbonyl (C=O) groups excluding carboxylic acids is 2. The maximum atomic E-state index is 13.5. The first-order chi connectivity index (χ1) is 19.3. The van der Waals surface area contributed by atoms with E-state index in [2.05, 4.69) is 25.3 Å². The third-order valence-corrected chi connectivity index (χ3v) is 6.90. The summed E-state index contributed by atoms with van der Waals surface area (Å²) < 4.78 is 5.92. The number of amides is 1. The molecule has 0 aliphatic carbocycles. The van der Waals surface area contributed by atoms with E-state index in [0.717, 1.165) is 5.56 Å². The van der Waals surface area contributed by atoms with Crippen molar-refractivity contribution >= 4 is 34.3 Å². The summed E-state index contributed by atoms with van der Waals surface area (Å²) in [4.78, 5) is 36.0. The molecule has 0 radical (unpaired) electrons. The first-order valence-corrected chi connectivity index (χ1v) is 13.1. The first kappa shape index (κ1) is 27.0. The van der Waals surface area contributed by atoms with Crippen LogP contribution in [0.1, 0.15) is 41.9 Å². The van der Waals surface area contributed by atoms with Crippen molar-refractivity contribution in [3.05, 3.63) is 78.1 Å². The van der Waals surface area contributed by atoms with E-state index in [4.69, 9.17) is 16.0 Å². The molecule has 2 aromatic heterocycles. The second-order valence-electron chi connectivity index (χ2n) is 9.90. The number of rotatable bonds is 8. The Bertz CT molecular complexity index is 1540. The highest BCUT2D eigenvalue weighted by Crippen LogP contribution is 2.30. The van der Waals surface area contributed by atoms with Crippen LogP contribution in [-0.2, 0) is 4.79 Å². The minimum absolute atomic E-state index is 0.00912. The standard InChI is InChI=1S/C29H32N8O3/c1-18(38)33-22-8-9-25-23(17-22)34-29(40-25)21-10-13-32-24(16-21)27(39)20-11-14-37(15-12-20)26(28(30)35-36(2)31)19-6-4-3-5-7-19/h3-10,13,16-17,20,26H,11-12,14-15,31H2,1-2H3,(H2,30,35)(H,33,38). The molecule has 5 rings (SSSR count). The summed E-state index contributed by atoms with van der Waals surface area (Å²) >= 11 is 0. The van der Waals surface area contributed by atoms with Crippen molar-refractivity contribution in [1.82, 2.24) is 20.0 Å². The summed E-state index contributed by atoms with van der Waals surface area (Å²) in [7, 11) is 1.63. The van der Waals surface area contributed by atoms with Gasteiger partial charge in [0, 0.05) is 37.3 Å². The molecule has 1 unspecified atom stereocenters. The van der Waals surface area contributed by atoms with E-state index in [1.165, 1.54) is 12.0 Å². The zero-order valence-corrected chi connectivity index (χ0v) is 22.4. The van der Waals surface area contributed by atoms with Crippen molar-refractivity contribution in [3.8, 4) is 11.5 Å². The zero-order valence-electron chi connectivity index (χ0n) is 22.4. The lowest BCUT2D eigenvalue weighted by Crippen LogP contribution is -2.44. The first-order valence-electron chi connectivity index (χ1n) is 13.1. The molecule has 40 heavy (non-hydrogen) atoms. The quantitative estimate of drug-likeness (QED) is 0.0999. The molecule has 2 aromatic carbocycles. The van der Waals surface area contributed by atoms with Crippen molar-refractivity contribution in [1.29, 1.82) is 0 Å². The van der Waals surface area contributed by atoms with Crippen LogP contribution in [0.25, 0.3) is 22.6 Å². The summed E-state index contributed by atoms with van der Waals surface area (Å²) in [5.74, 6) is 6.17. The topological polar surface area (TPSA) is 156 Å². The number of hydrogen-bond acceptors (Lipinski definition) is 9. The third-order valence-electron chi connectivity index (χ3n) is 6.90. The molecule has 3 heterocycles. The van der Waals surface area contributed by atoms with Gasteiger partial charge in [-0.2, -0.15) is 0 Å². The molecule has 11 nitrogen and oxygen atoms in total. The lowest BCUT2D eigenvalue weighted by molar-refractivity contribution is -0.114. The van der Waals surface area contributed by atoms with Crippen molar-refractivity contribution in [2.24, 2.45) is 22.6 Å². The van der Waals surface area contributed by atoms with Gasteiger partial charge in [0.1, 0.15) is 17.0 Å². The molecule has 1 fully saturated rings. The number of anilines is 1. The Morgan fingerprint density at radius 3 is 2.58 bits per heavy atom. The maximum absolute atomic E-state index is 13.5. The number of hydrazone groups is 1. The molecule has 0 spiro atoms. The molecule has 11 heteroatoms. The van der Waals surface area contributed by atoms with Gasteiger partial charge >= 0.3 is 0 Å². The number of ketones is 1. The van der Waals surface area contributed by atoms with Crippen LogP contribution in [-0.4, -0.2) is 57.6 Å². The SMILES string of the molecule is CC(=O)Nc1ccc2oc(-c3ccnc(C(=O)C4CCN(C(/C(N)=N/N(C)N)c5ccccc5)CC4)c3)nc2c1. The summed E-state index contributed by atoms with van der Waals surface area (Å²) in [6, 6.07) is 18.4. The summed E-state index contributed by atoms with van der Waals surface area (Å²) in [6.45, 7) is 2.79. The normalized spacial score (nSPS) is 15.6. The third kappa shape index (κ3) is 6.00. The molecule has 0 bridgehead atoms. The number of likely N-dealkylation sites (tertiary alicyclic amines) is 1. The average Bonchev–Trinajstić information content (AvgIpc) is 3.37. The number of oxazole rings is 1. The number of hydrogen-bond donors (Lipinski definition) is 3. The van der Waals surface area contributed by atoms with Crippen LogP contribution in [0.2, 0.25) is 0 Å². The highest BCUT2D eigenvalue weighted by atomic mass is 16.3. The number of carbonyl (C=O) groups is 2. The number of nitrogens with zero attached hydrogens (tertiary/aromatic N) is 5. The van der Waals surface area contributed by atoms with Gasteiger partial charge in [-0.3, -0.25) is 19.5 Å². The summed E-state index contributed by atoms with van der Waals surface area (Å²) in [5, 5.41) is 8.20. The molecule has 5 N–H and O–H groups in total. The number of amidine groups is 1. The van der Waals surface area contributed by atoms with Crippen LogP contribution in [0.3, 0.4) is 0 Å². The molecule has 1 atom stereocenters. The van der Waals surface area contributed by atoms with Crippen molar-refractivity contribution in [3.63, 3.8) is 0 Å². The predicted molar refractivity (Wildman–Crippen MR) is 153 cm³/mol. The molecule has 1 saturated heterocycles. The number of Topliss-reactive ketones (excluding diaryl/α,β-unsaturated/α-hetero) is 1. The van der Waals surface area contributed by atoms with E-state index in [9.17, 15) is 9.59 Å². The van der Waals surface area contributed by atoms with E-state index in [1.54, 1.807) is 43.6 Å². The summed E-state index contributed by atoms with van der Waals surface area (Å²) in [5.41, 5.74) is 10.3. The van der Waals surface area contributed by atoms with Gasteiger partial charge in [-0.1, -0.05) is 30.3 Å². The molecular weight excluding hydrogens is 508 g/mol. The van der Waals surface area contributed by atoms with Crippen molar-refractivity contribution < 1.29 is 14.0 Å². The monoisotopic (exact) mass is 540 g/mol. The predicted octanol–water partition coefficient (Wildman–Crippen LogP) is 3.56. The van der Waals surface area contributed by atoms with Crippen molar-refractivity contribution in [2.75, 3.05) is 25.5 Å². The number of piperidine rings is 1. The second-order valence-corrected chi connectivity index (χ2v) is 9.90. The highest BCUT2D eigenvalue weighted by Gasteiger charge is 2.32. The van der Waals surface area contributed by atoms with E-state index in [1.807, 2.05) is 30.3 Å². The van der Waals surface area contributed by atoms with Crippen LogP contribution in [0.15, 0.2) is 76.4 Å². The Morgan fingerprint density at radius 2 is 1.88 bits per heavy atom. The highest BCUT2D eigenvalue weighted by molar-refractivity contribution is 5.97. The number of fused-ring (bicyclic) bond motifs is 1. The van der Waals surface area contributed by atoms with Crippen LogP contribution < -0.4 is 16.9 Å². The fourth-order valence-corrected chi connectivity index (χ4v) is 5.10. The Hall–Kier alpha value is -4.61. The second kappa shape index (κ2) is 11.6. The van der Waals surface area contributed by atoms with Gasteiger partial charge in [0.2, 0.25) is 11.8 Å². The largest absolute Gasteiger partial charge is 0.436 e. The van der Waals surface area contributed by atoms with E-state index in [-0.39, 0.29) is 23.7 Å². The minimum Gasteiger partial charge on any atom is -0.436 e. The molecule has 1 aliphatic heterocycles. The Labute approximate surface area is 231 Å². The number of hydrazine groups is 1. The van der Waals surface area contributed by atoms with Crippen molar-refractivity contribution in [2.45, 2.75) is 25.8 Å². The number of nitrogens with two attached hydrogens (primary N) is 2. The zero-order chi connectivity index (χ0) is 28.2. The molecular formula is C29H32N8O3. The van der Waals surface area contributed by atoms with Gasteiger partial charge < -0.3 is 15.5 Å². The molecule has 206 valence electrons. The van der Waals surface area contributed by atoms with Gasteiger partial charge in [0.05, 0.1) is 6.04 Å². The van der Waals surface area contributed by atoms with Crippen LogP contribution in [0.5, 0.6) is 0 Å². The average molecular weight is 541 g/mol. The lowest BCUT2D eigenvalue weighted by Gasteiger charge is -2.37. The van der Waals surface area contributed by atoms with Gasteiger partial charge in [-0.05, 0) is 61.8 Å². The van der Waals surface area contributed by atoms with E-state index < -0.39 is 0 Å². The number of nitrogens with one attached hydrogen (secondary N) is 1. The van der Waals surface area contributed by atoms with Crippen LogP contribution >= 0.6 is 0 Å². The fraction of sp³-hybridized carbons (Fsp3) is 0.276. The Morgan fingerprint density at radius 1 is 1.12 bits per heavy atom. The van der Waals surface area contributed by atoms with E-state index in [0.29, 0.717) is 65.7 Å². The molecule has 4 aromatic rings.